The SMILES string of the molecule is NC(=O)NC(=O)[C@@H]1[C@H](C(=O)NC(N)=O)[C@H]2C=C[C@@H]1C2. The molecule has 0 aromatic carbocycles. The Labute approximate surface area is 108 Å². The Balaban J connectivity index is 2.18. The second kappa shape index (κ2) is 4.71. The van der Waals surface area contributed by atoms with E-state index in [9.17, 15) is 19.2 Å². The van der Waals surface area contributed by atoms with E-state index in [2.05, 4.69) is 0 Å². The lowest BCUT2D eigenvalue weighted by atomic mass is 9.81. The summed E-state index contributed by atoms with van der Waals surface area (Å²) < 4.78 is 0. The number of allylic oxidation sites excluding steroid dienone is 2. The van der Waals surface area contributed by atoms with Crippen molar-refractivity contribution in [2.45, 2.75) is 6.42 Å². The predicted octanol–water partition coefficient (Wildman–Crippen LogP) is -1.19. The largest absolute Gasteiger partial charge is 0.351 e. The highest BCUT2D eigenvalue weighted by Gasteiger charge is 2.51. The Bertz CT molecular complexity index is 445. The highest BCUT2D eigenvalue weighted by Crippen LogP contribution is 2.48. The van der Waals surface area contributed by atoms with Crippen LogP contribution in [0.2, 0.25) is 0 Å². The van der Waals surface area contributed by atoms with Gasteiger partial charge in [-0.3, -0.25) is 20.2 Å². The normalized spacial score (nSPS) is 30.9. The van der Waals surface area contributed by atoms with E-state index in [1.807, 2.05) is 22.8 Å². The van der Waals surface area contributed by atoms with Crippen LogP contribution in [0.1, 0.15) is 6.42 Å². The Morgan fingerprint density at radius 1 is 0.842 bits per heavy atom. The molecule has 8 heteroatoms. The minimum Gasteiger partial charge on any atom is -0.351 e. The van der Waals surface area contributed by atoms with Crippen molar-refractivity contribution in [2.75, 3.05) is 0 Å². The quantitative estimate of drug-likeness (QED) is 0.466. The number of primary amides is 2. The predicted molar refractivity (Wildman–Crippen MR) is 63.2 cm³/mol. The molecule has 2 aliphatic rings. The van der Waals surface area contributed by atoms with Crippen LogP contribution in [0.4, 0.5) is 9.59 Å². The van der Waals surface area contributed by atoms with Gasteiger partial charge in [0.25, 0.3) is 0 Å². The first-order valence-corrected chi connectivity index (χ1v) is 5.79. The zero-order chi connectivity index (χ0) is 14.2. The van der Waals surface area contributed by atoms with Crippen LogP contribution in [-0.4, -0.2) is 23.9 Å². The fourth-order valence-corrected chi connectivity index (χ4v) is 2.95. The van der Waals surface area contributed by atoms with Crippen molar-refractivity contribution in [3.05, 3.63) is 12.2 Å². The summed E-state index contributed by atoms with van der Waals surface area (Å²) in [7, 11) is 0. The number of imide groups is 2. The van der Waals surface area contributed by atoms with E-state index in [-0.39, 0.29) is 11.8 Å². The molecular formula is C11H14N4O4. The number of carbonyl (C=O) groups excluding carboxylic acids is 4. The van der Waals surface area contributed by atoms with Crippen LogP contribution in [0, 0.1) is 23.7 Å². The van der Waals surface area contributed by atoms with Gasteiger partial charge in [0.1, 0.15) is 0 Å². The number of rotatable bonds is 2. The molecule has 0 spiro atoms. The second-order valence-corrected chi connectivity index (χ2v) is 4.71. The van der Waals surface area contributed by atoms with Crippen LogP contribution < -0.4 is 22.1 Å². The van der Waals surface area contributed by atoms with Crippen molar-refractivity contribution >= 4 is 23.9 Å². The number of urea groups is 2. The second-order valence-electron chi connectivity index (χ2n) is 4.71. The van der Waals surface area contributed by atoms with Crippen LogP contribution >= 0.6 is 0 Å². The van der Waals surface area contributed by atoms with E-state index in [0.717, 1.165) is 0 Å². The van der Waals surface area contributed by atoms with Gasteiger partial charge in [0, 0.05) is 0 Å². The molecule has 0 aromatic rings. The number of nitrogens with one attached hydrogen (secondary N) is 2. The standard InChI is InChI=1S/C11H14N4O4/c12-10(18)14-8(16)6-4-1-2-5(3-4)7(6)9(17)15-11(13)19/h1-2,4-7H,3H2,(H3,12,14,16,18)(H3,13,15,17,19)/t4-,5+,6+,7-. The van der Waals surface area contributed by atoms with E-state index in [0.29, 0.717) is 6.42 Å². The van der Waals surface area contributed by atoms with Gasteiger partial charge < -0.3 is 11.5 Å². The van der Waals surface area contributed by atoms with Crippen LogP contribution in [0.3, 0.4) is 0 Å². The minimum atomic E-state index is -0.967. The maximum atomic E-state index is 11.9. The summed E-state index contributed by atoms with van der Waals surface area (Å²) in [6.45, 7) is 0. The molecular weight excluding hydrogens is 252 g/mol. The molecule has 0 aliphatic heterocycles. The molecule has 1 fully saturated rings. The van der Waals surface area contributed by atoms with Gasteiger partial charge >= 0.3 is 12.1 Å². The number of fused-ring (bicyclic) bond motifs is 2. The van der Waals surface area contributed by atoms with Crippen molar-refractivity contribution in [1.82, 2.24) is 10.6 Å². The smallest absolute Gasteiger partial charge is 0.318 e. The summed E-state index contributed by atoms with van der Waals surface area (Å²) in [5.41, 5.74) is 9.80. The summed E-state index contributed by atoms with van der Waals surface area (Å²) in [4.78, 5) is 45.3. The topological polar surface area (TPSA) is 144 Å². The van der Waals surface area contributed by atoms with Crippen molar-refractivity contribution in [3.8, 4) is 0 Å². The van der Waals surface area contributed by atoms with Crippen molar-refractivity contribution in [1.29, 1.82) is 0 Å². The van der Waals surface area contributed by atoms with Crippen LogP contribution in [0.15, 0.2) is 12.2 Å². The molecule has 1 saturated carbocycles. The van der Waals surface area contributed by atoms with Gasteiger partial charge in [-0.15, -0.1) is 0 Å². The van der Waals surface area contributed by atoms with Gasteiger partial charge in [-0.05, 0) is 18.3 Å². The molecule has 0 aromatic heterocycles. The van der Waals surface area contributed by atoms with Gasteiger partial charge in [0.2, 0.25) is 11.8 Å². The monoisotopic (exact) mass is 266 g/mol. The van der Waals surface area contributed by atoms with E-state index in [1.165, 1.54) is 0 Å². The van der Waals surface area contributed by atoms with E-state index in [1.54, 1.807) is 0 Å². The first-order chi connectivity index (χ1) is 8.90. The third kappa shape index (κ3) is 2.42. The molecule has 0 saturated heterocycles. The maximum Gasteiger partial charge on any atom is 0.318 e. The number of nitrogens with two attached hydrogens (primary N) is 2. The average molecular weight is 266 g/mol. The first-order valence-electron chi connectivity index (χ1n) is 5.79. The molecule has 6 N–H and O–H groups in total. The molecule has 2 rings (SSSR count). The Kier molecular flexibility index (Phi) is 3.24. The van der Waals surface area contributed by atoms with Gasteiger partial charge in [-0.1, -0.05) is 12.2 Å². The molecule has 2 aliphatic carbocycles. The highest BCUT2D eigenvalue weighted by molar-refractivity contribution is 6.01. The molecule has 0 heterocycles. The third-order valence-corrected chi connectivity index (χ3v) is 3.56. The van der Waals surface area contributed by atoms with E-state index >= 15 is 0 Å². The highest BCUT2D eigenvalue weighted by atomic mass is 16.2. The first kappa shape index (κ1) is 13.1. The molecule has 0 unspecified atom stereocenters. The van der Waals surface area contributed by atoms with Crippen molar-refractivity contribution in [2.24, 2.45) is 35.1 Å². The number of hydrogen-bond acceptors (Lipinski definition) is 4. The number of carbonyl (C=O) groups is 4. The fourth-order valence-electron chi connectivity index (χ4n) is 2.95. The molecule has 2 bridgehead atoms. The fraction of sp³-hybridized carbons (Fsp3) is 0.455. The average Bonchev–Trinajstić information content (AvgIpc) is 2.85. The molecule has 8 nitrogen and oxygen atoms in total. The maximum absolute atomic E-state index is 11.9. The molecule has 102 valence electrons. The summed E-state index contributed by atoms with van der Waals surface area (Å²) in [5, 5.41) is 3.96. The summed E-state index contributed by atoms with van der Waals surface area (Å²) in [6, 6.07) is -1.93. The van der Waals surface area contributed by atoms with E-state index in [4.69, 9.17) is 11.5 Å². The zero-order valence-electron chi connectivity index (χ0n) is 9.96. The van der Waals surface area contributed by atoms with Gasteiger partial charge in [-0.2, -0.15) is 0 Å². The van der Waals surface area contributed by atoms with Crippen molar-refractivity contribution in [3.63, 3.8) is 0 Å². The van der Waals surface area contributed by atoms with Crippen LogP contribution in [-0.2, 0) is 9.59 Å². The van der Waals surface area contributed by atoms with Gasteiger partial charge in [-0.25, -0.2) is 9.59 Å². The number of amides is 6. The zero-order valence-corrected chi connectivity index (χ0v) is 9.96. The van der Waals surface area contributed by atoms with E-state index < -0.39 is 35.7 Å². The minimum absolute atomic E-state index is 0.132. The summed E-state index contributed by atoms with van der Waals surface area (Å²) >= 11 is 0. The lowest BCUT2D eigenvalue weighted by Crippen LogP contribution is -2.48. The molecule has 19 heavy (non-hydrogen) atoms. The lowest BCUT2D eigenvalue weighted by Gasteiger charge is -2.25. The Morgan fingerprint density at radius 2 is 1.21 bits per heavy atom. The molecule has 0 radical (unpaired) electrons. The molecule has 6 amide bonds. The Morgan fingerprint density at radius 3 is 1.53 bits per heavy atom. The van der Waals surface area contributed by atoms with Crippen LogP contribution in [0.25, 0.3) is 0 Å². The van der Waals surface area contributed by atoms with Gasteiger partial charge in [0.05, 0.1) is 11.8 Å². The lowest BCUT2D eigenvalue weighted by molar-refractivity contribution is -0.134. The van der Waals surface area contributed by atoms with Crippen molar-refractivity contribution < 1.29 is 19.2 Å². The molecule has 4 atom stereocenters. The summed E-state index contributed by atoms with van der Waals surface area (Å²) in [6.07, 6.45) is 4.31. The Hall–Kier alpha value is -2.38. The third-order valence-electron chi connectivity index (χ3n) is 3.56. The summed E-state index contributed by atoms with van der Waals surface area (Å²) in [5.74, 6) is -2.88. The van der Waals surface area contributed by atoms with Gasteiger partial charge in [0.15, 0.2) is 0 Å². The number of hydrogen-bond donors (Lipinski definition) is 4. The van der Waals surface area contributed by atoms with Crippen LogP contribution in [0.5, 0.6) is 0 Å².